The van der Waals surface area contributed by atoms with E-state index in [2.05, 4.69) is 0 Å². The fourth-order valence-corrected chi connectivity index (χ4v) is 4.64. The van der Waals surface area contributed by atoms with Crippen molar-refractivity contribution in [3.05, 3.63) is 47.5 Å². The van der Waals surface area contributed by atoms with Crippen LogP contribution in [0.15, 0.2) is 47.4 Å². The lowest BCUT2D eigenvalue weighted by Crippen LogP contribution is -2.50. The number of anilines is 1. The number of sulfonamides is 1. The Bertz CT molecular complexity index is 1110. The zero-order valence-corrected chi connectivity index (χ0v) is 18.6. The third-order valence-electron chi connectivity index (χ3n) is 4.71. The number of para-hydroxylation sites is 2. The minimum Gasteiger partial charge on any atom is -0.495 e. The zero-order chi connectivity index (χ0) is 22.8. The number of fused-ring (bicyclic) bond motifs is 1. The largest absolute Gasteiger partial charge is 0.495 e. The van der Waals surface area contributed by atoms with E-state index in [0.29, 0.717) is 11.4 Å². The molecule has 0 saturated carbocycles. The number of methoxy groups -OCH3 is 2. The van der Waals surface area contributed by atoms with Gasteiger partial charge in [-0.3, -0.25) is 4.79 Å². The zero-order valence-electron chi connectivity index (χ0n) is 17.1. The van der Waals surface area contributed by atoms with Gasteiger partial charge in [0.1, 0.15) is 16.4 Å². The van der Waals surface area contributed by atoms with Gasteiger partial charge >= 0.3 is 5.97 Å². The lowest BCUT2D eigenvalue weighted by Gasteiger charge is -2.34. The van der Waals surface area contributed by atoms with Crippen LogP contribution in [-0.4, -0.2) is 65.1 Å². The standard InChI is InChI=1S/C20H21ClN2O7S/c1-22(31(26,27)18-10-13(21)8-9-16(18)28-2)12-19(24)23-11-17(20(25)29-3)30-15-7-5-4-6-14(15)23/h4-10,17H,11-12H2,1-3H3/t17-/m0/s1. The van der Waals surface area contributed by atoms with Crippen LogP contribution in [-0.2, 0) is 24.3 Å². The van der Waals surface area contributed by atoms with Crippen molar-refractivity contribution in [1.29, 1.82) is 0 Å². The number of esters is 1. The van der Waals surface area contributed by atoms with Crippen molar-refractivity contribution in [2.75, 3.05) is 39.3 Å². The summed E-state index contributed by atoms with van der Waals surface area (Å²) in [6, 6.07) is 10.9. The first-order valence-electron chi connectivity index (χ1n) is 9.12. The summed E-state index contributed by atoms with van der Waals surface area (Å²) < 4.78 is 42.5. The molecule has 166 valence electrons. The molecule has 1 aliphatic heterocycles. The molecule has 0 aliphatic carbocycles. The van der Waals surface area contributed by atoms with Gasteiger partial charge in [0, 0.05) is 12.1 Å². The van der Waals surface area contributed by atoms with Crippen LogP contribution in [0.2, 0.25) is 5.02 Å². The third kappa shape index (κ3) is 4.60. The molecule has 0 aromatic heterocycles. The fraction of sp³-hybridized carbons (Fsp3) is 0.300. The van der Waals surface area contributed by atoms with Gasteiger partial charge in [-0.2, -0.15) is 4.31 Å². The van der Waals surface area contributed by atoms with Gasteiger partial charge in [-0.15, -0.1) is 0 Å². The number of rotatable bonds is 6. The second-order valence-corrected chi connectivity index (χ2v) is 9.11. The Balaban J connectivity index is 1.88. The molecule has 31 heavy (non-hydrogen) atoms. The van der Waals surface area contributed by atoms with Gasteiger partial charge < -0.3 is 19.1 Å². The molecular weight excluding hydrogens is 448 g/mol. The Morgan fingerprint density at radius 3 is 2.61 bits per heavy atom. The Labute approximate surface area is 185 Å². The van der Waals surface area contributed by atoms with Crippen LogP contribution in [0.3, 0.4) is 0 Å². The van der Waals surface area contributed by atoms with E-state index in [4.69, 9.17) is 25.8 Å². The minimum absolute atomic E-state index is 0.103. The molecule has 0 bridgehead atoms. The number of likely N-dealkylation sites (N-methyl/N-ethyl adjacent to an activating group) is 1. The second kappa shape index (κ2) is 9.13. The highest BCUT2D eigenvalue weighted by Crippen LogP contribution is 2.34. The highest BCUT2D eigenvalue weighted by Gasteiger charge is 2.36. The average Bonchev–Trinajstić information content (AvgIpc) is 2.77. The summed E-state index contributed by atoms with van der Waals surface area (Å²) in [6.07, 6.45) is -1.03. The number of hydrogen-bond acceptors (Lipinski definition) is 7. The molecule has 0 N–H and O–H groups in total. The molecule has 0 spiro atoms. The van der Waals surface area contributed by atoms with E-state index in [1.54, 1.807) is 24.3 Å². The quantitative estimate of drug-likeness (QED) is 0.597. The topological polar surface area (TPSA) is 102 Å². The first-order valence-corrected chi connectivity index (χ1v) is 10.9. The van der Waals surface area contributed by atoms with E-state index in [9.17, 15) is 18.0 Å². The molecule has 0 unspecified atom stereocenters. The normalized spacial score (nSPS) is 15.8. The molecule has 11 heteroatoms. The molecule has 0 saturated heterocycles. The predicted octanol–water partition coefficient (Wildman–Crippen LogP) is 1.94. The molecular formula is C20H21ClN2O7S. The fourth-order valence-electron chi connectivity index (χ4n) is 3.11. The minimum atomic E-state index is -4.10. The first-order chi connectivity index (χ1) is 14.7. The van der Waals surface area contributed by atoms with E-state index in [0.717, 1.165) is 4.31 Å². The number of hydrogen-bond donors (Lipinski definition) is 0. The van der Waals surface area contributed by atoms with Crippen LogP contribution in [0, 0.1) is 0 Å². The van der Waals surface area contributed by atoms with Crippen LogP contribution in [0.25, 0.3) is 0 Å². The maximum Gasteiger partial charge on any atom is 0.348 e. The molecule has 1 heterocycles. The van der Waals surface area contributed by atoms with Crippen LogP contribution in [0.5, 0.6) is 11.5 Å². The van der Waals surface area contributed by atoms with E-state index in [1.165, 1.54) is 44.4 Å². The molecule has 1 aliphatic rings. The lowest BCUT2D eigenvalue weighted by molar-refractivity contribution is -0.148. The number of halogens is 1. The van der Waals surface area contributed by atoms with Crippen molar-refractivity contribution in [2.24, 2.45) is 0 Å². The van der Waals surface area contributed by atoms with Crippen molar-refractivity contribution in [2.45, 2.75) is 11.0 Å². The van der Waals surface area contributed by atoms with Crippen LogP contribution in [0.1, 0.15) is 0 Å². The Kier molecular flexibility index (Phi) is 6.73. The molecule has 3 rings (SSSR count). The monoisotopic (exact) mass is 468 g/mol. The van der Waals surface area contributed by atoms with Gasteiger partial charge in [0.2, 0.25) is 22.0 Å². The second-order valence-electron chi connectivity index (χ2n) is 6.66. The molecule has 1 atom stereocenters. The van der Waals surface area contributed by atoms with Crippen molar-refractivity contribution in [3.63, 3.8) is 0 Å². The van der Waals surface area contributed by atoms with Gasteiger partial charge in [-0.05, 0) is 30.3 Å². The van der Waals surface area contributed by atoms with E-state index >= 15 is 0 Å². The van der Waals surface area contributed by atoms with Crippen molar-refractivity contribution >= 4 is 39.2 Å². The van der Waals surface area contributed by atoms with Crippen LogP contribution >= 0.6 is 11.6 Å². The lowest BCUT2D eigenvalue weighted by atomic mass is 10.2. The van der Waals surface area contributed by atoms with E-state index < -0.39 is 34.5 Å². The highest BCUT2D eigenvalue weighted by molar-refractivity contribution is 7.89. The average molecular weight is 469 g/mol. The maximum atomic E-state index is 13.1. The summed E-state index contributed by atoms with van der Waals surface area (Å²) in [5, 5.41) is 0.210. The molecule has 2 aromatic rings. The number of carbonyl (C=O) groups excluding carboxylic acids is 2. The molecule has 0 fully saturated rings. The molecule has 0 radical (unpaired) electrons. The first kappa shape index (κ1) is 22.9. The summed E-state index contributed by atoms with van der Waals surface area (Å²) in [7, 11) is -0.263. The Morgan fingerprint density at radius 2 is 1.94 bits per heavy atom. The summed E-state index contributed by atoms with van der Waals surface area (Å²) in [5.74, 6) is -0.764. The summed E-state index contributed by atoms with van der Waals surface area (Å²) in [6.45, 7) is -0.600. The maximum absolute atomic E-state index is 13.1. The summed E-state index contributed by atoms with van der Waals surface area (Å²) >= 11 is 5.96. The molecule has 9 nitrogen and oxygen atoms in total. The van der Waals surface area contributed by atoms with Crippen molar-refractivity contribution in [3.8, 4) is 11.5 Å². The van der Waals surface area contributed by atoms with Gasteiger partial charge in [0.15, 0.2) is 0 Å². The van der Waals surface area contributed by atoms with Gasteiger partial charge in [0.05, 0.1) is 33.0 Å². The number of nitrogens with zero attached hydrogens (tertiary/aromatic N) is 2. The Hall–Kier alpha value is -2.82. The summed E-state index contributed by atoms with van der Waals surface area (Å²) in [4.78, 5) is 26.2. The molecule has 2 aromatic carbocycles. The van der Waals surface area contributed by atoms with Crippen molar-refractivity contribution in [1.82, 2.24) is 4.31 Å². The number of ether oxygens (including phenoxy) is 3. The van der Waals surface area contributed by atoms with Gasteiger partial charge in [-0.1, -0.05) is 23.7 Å². The third-order valence-corrected chi connectivity index (χ3v) is 6.77. The number of carbonyl (C=O) groups is 2. The van der Waals surface area contributed by atoms with Crippen LogP contribution < -0.4 is 14.4 Å². The SMILES string of the molecule is COC(=O)[C@@H]1CN(C(=O)CN(C)S(=O)(=O)c2cc(Cl)ccc2OC)c2ccccc2O1. The van der Waals surface area contributed by atoms with E-state index in [1.807, 2.05) is 0 Å². The highest BCUT2D eigenvalue weighted by atomic mass is 35.5. The number of benzene rings is 2. The summed E-state index contributed by atoms with van der Waals surface area (Å²) in [5.41, 5.74) is 0.429. The van der Waals surface area contributed by atoms with E-state index in [-0.39, 0.29) is 22.2 Å². The number of amides is 1. The van der Waals surface area contributed by atoms with Crippen LogP contribution in [0.4, 0.5) is 5.69 Å². The smallest absolute Gasteiger partial charge is 0.348 e. The predicted molar refractivity (Wildman–Crippen MR) is 113 cm³/mol. The van der Waals surface area contributed by atoms with Gasteiger partial charge in [-0.25, -0.2) is 13.2 Å². The van der Waals surface area contributed by atoms with Gasteiger partial charge in [0.25, 0.3) is 0 Å². The molecule has 1 amide bonds. The van der Waals surface area contributed by atoms with Crippen molar-refractivity contribution < 1.29 is 32.2 Å². The Morgan fingerprint density at radius 1 is 1.23 bits per heavy atom.